The van der Waals surface area contributed by atoms with E-state index in [1.807, 2.05) is 6.07 Å². The van der Waals surface area contributed by atoms with Crippen LogP contribution in [0.5, 0.6) is 0 Å². The zero-order valence-corrected chi connectivity index (χ0v) is 15.9. The topological polar surface area (TPSA) is 102 Å². The first-order chi connectivity index (χ1) is 12.9. The summed E-state index contributed by atoms with van der Waals surface area (Å²) in [5, 5.41) is 14.2. The smallest absolute Gasteiger partial charge is 0.324 e. The highest BCUT2D eigenvalue weighted by Crippen LogP contribution is 2.24. The highest BCUT2D eigenvalue weighted by molar-refractivity contribution is 6.09. The molecule has 144 valence electrons. The van der Waals surface area contributed by atoms with Crippen LogP contribution in [-0.2, 0) is 9.59 Å². The average molecular weight is 370 g/mol. The Balaban J connectivity index is 1.92. The van der Waals surface area contributed by atoms with Crippen molar-refractivity contribution in [3.8, 4) is 6.07 Å². The van der Waals surface area contributed by atoms with Crippen molar-refractivity contribution in [1.29, 1.82) is 5.26 Å². The third-order valence-corrected chi connectivity index (χ3v) is 4.70. The van der Waals surface area contributed by atoms with Gasteiger partial charge in [0.05, 0.1) is 11.6 Å². The molecule has 1 heterocycles. The molecule has 0 bridgehead atoms. The van der Waals surface area contributed by atoms with Gasteiger partial charge in [0.15, 0.2) is 0 Å². The van der Waals surface area contributed by atoms with E-state index in [0.29, 0.717) is 17.7 Å². The lowest BCUT2D eigenvalue weighted by molar-refractivity contribution is -0.133. The van der Waals surface area contributed by atoms with Gasteiger partial charge in [0.2, 0.25) is 5.91 Å². The van der Waals surface area contributed by atoms with Crippen LogP contribution in [0.1, 0.15) is 57.9 Å². The maximum Gasteiger partial charge on any atom is 0.325 e. The highest BCUT2D eigenvalue weighted by Gasteiger charge is 2.47. The summed E-state index contributed by atoms with van der Waals surface area (Å²) >= 11 is 0. The van der Waals surface area contributed by atoms with Crippen molar-refractivity contribution in [2.75, 3.05) is 11.9 Å². The lowest BCUT2D eigenvalue weighted by Crippen LogP contribution is -2.44. The molecule has 1 fully saturated rings. The van der Waals surface area contributed by atoms with Gasteiger partial charge < -0.3 is 10.6 Å². The number of carbonyl (C=O) groups is 3. The van der Waals surface area contributed by atoms with E-state index in [0.717, 1.165) is 37.0 Å². The number of hydrogen-bond acceptors (Lipinski definition) is 4. The van der Waals surface area contributed by atoms with Crippen LogP contribution in [0.2, 0.25) is 0 Å². The molecule has 0 aromatic heterocycles. The van der Waals surface area contributed by atoms with Crippen LogP contribution in [0.4, 0.5) is 10.5 Å². The number of nitriles is 1. The molecule has 0 saturated carbocycles. The fraction of sp³-hybridized carbons (Fsp3) is 0.500. The van der Waals surface area contributed by atoms with Crippen molar-refractivity contribution in [1.82, 2.24) is 10.2 Å². The number of imide groups is 1. The fourth-order valence-electron chi connectivity index (χ4n) is 3.15. The van der Waals surface area contributed by atoms with E-state index in [1.54, 1.807) is 25.1 Å². The second kappa shape index (κ2) is 9.17. The Labute approximate surface area is 159 Å². The van der Waals surface area contributed by atoms with Gasteiger partial charge >= 0.3 is 6.03 Å². The zero-order valence-electron chi connectivity index (χ0n) is 15.9. The Bertz CT molecular complexity index is 756. The first kappa shape index (κ1) is 20.4. The van der Waals surface area contributed by atoms with Crippen LogP contribution in [0.15, 0.2) is 24.3 Å². The lowest BCUT2D eigenvalue weighted by atomic mass is 9.94. The molecule has 0 radical (unpaired) electrons. The third kappa shape index (κ3) is 5.30. The molecule has 7 heteroatoms. The molecular weight excluding hydrogens is 344 g/mol. The van der Waals surface area contributed by atoms with Crippen LogP contribution < -0.4 is 10.6 Å². The number of benzene rings is 1. The highest BCUT2D eigenvalue weighted by atomic mass is 16.2. The molecule has 1 aromatic rings. The summed E-state index contributed by atoms with van der Waals surface area (Å²) in [4.78, 5) is 38.0. The fourth-order valence-corrected chi connectivity index (χ4v) is 3.15. The second-order valence-corrected chi connectivity index (χ2v) is 7.06. The Morgan fingerprint density at radius 2 is 2.00 bits per heavy atom. The van der Waals surface area contributed by atoms with E-state index in [9.17, 15) is 14.4 Å². The van der Waals surface area contributed by atoms with Gasteiger partial charge in [-0.3, -0.25) is 14.5 Å². The molecule has 1 aliphatic heterocycles. The molecule has 7 nitrogen and oxygen atoms in total. The maximum absolute atomic E-state index is 12.7. The summed E-state index contributed by atoms with van der Waals surface area (Å²) in [6, 6.07) is 7.90. The molecule has 0 unspecified atom stereocenters. The molecular formula is C20H26N4O3. The number of urea groups is 1. The number of hydrogen-bond donors (Lipinski definition) is 2. The van der Waals surface area contributed by atoms with Gasteiger partial charge in [0.1, 0.15) is 12.1 Å². The number of nitrogens with zero attached hydrogens (tertiary/aromatic N) is 2. The quantitative estimate of drug-likeness (QED) is 0.515. The summed E-state index contributed by atoms with van der Waals surface area (Å²) in [6.45, 7) is 3.50. The average Bonchev–Trinajstić information content (AvgIpc) is 2.85. The molecule has 1 atom stereocenters. The van der Waals surface area contributed by atoms with E-state index in [2.05, 4.69) is 17.6 Å². The molecule has 1 saturated heterocycles. The molecule has 0 spiro atoms. The molecule has 27 heavy (non-hydrogen) atoms. The molecule has 4 amide bonds. The van der Waals surface area contributed by atoms with E-state index in [1.165, 1.54) is 6.07 Å². The first-order valence-corrected chi connectivity index (χ1v) is 9.34. The van der Waals surface area contributed by atoms with Crippen LogP contribution in [0.3, 0.4) is 0 Å². The number of rotatable bonds is 9. The summed E-state index contributed by atoms with van der Waals surface area (Å²) in [7, 11) is 0. The molecule has 0 aliphatic carbocycles. The summed E-state index contributed by atoms with van der Waals surface area (Å²) in [6.07, 6.45) is 5.85. The van der Waals surface area contributed by atoms with Gasteiger partial charge in [0.25, 0.3) is 5.91 Å². The number of carbonyl (C=O) groups excluding carboxylic acids is 3. The van der Waals surface area contributed by atoms with Crippen molar-refractivity contribution in [3.05, 3.63) is 29.8 Å². The molecule has 2 rings (SSSR count). The van der Waals surface area contributed by atoms with Crippen molar-refractivity contribution in [2.45, 2.75) is 57.9 Å². The minimum absolute atomic E-state index is 0.354. The maximum atomic E-state index is 12.7. The zero-order chi connectivity index (χ0) is 19.9. The van der Waals surface area contributed by atoms with E-state index < -0.39 is 17.5 Å². The van der Waals surface area contributed by atoms with Crippen molar-refractivity contribution in [2.24, 2.45) is 0 Å². The van der Waals surface area contributed by atoms with Gasteiger partial charge in [-0.25, -0.2) is 4.79 Å². The normalized spacial score (nSPS) is 18.9. The molecule has 1 aromatic carbocycles. The van der Waals surface area contributed by atoms with Crippen LogP contribution in [0, 0.1) is 11.3 Å². The van der Waals surface area contributed by atoms with E-state index in [4.69, 9.17) is 5.26 Å². The Morgan fingerprint density at radius 3 is 2.70 bits per heavy atom. The minimum Gasteiger partial charge on any atom is -0.324 e. The Morgan fingerprint density at radius 1 is 1.26 bits per heavy atom. The van der Waals surface area contributed by atoms with Gasteiger partial charge in [-0.05, 0) is 31.5 Å². The van der Waals surface area contributed by atoms with Gasteiger partial charge in [-0.2, -0.15) is 5.26 Å². The monoisotopic (exact) mass is 370 g/mol. The lowest BCUT2D eigenvalue weighted by Gasteiger charge is -2.21. The van der Waals surface area contributed by atoms with E-state index in [-0.39, 0.29) is 12.5 Å². The number of unbranched alkanes of at least 4 members (excludes halogenated alkanes) is 4. The predicted molar refractivity (Wildman–Crippen MR) is 102 cm³/mol. The van der Waals surface area contributed by atoms with Crippen molar-refractivity contribution >= 4 is 23.5 Å². The van der Waals surface area contributed by atoms with Crippen molar-refractivity contribution < 1.29 is 14.4 Å². The number of anilines is 1. The standard InChI is InChI=1S/C20H26N4O3/c1-3-4-5-6-7-11-20(2)18(26)24(19(27)23-20)14-17(25)22-16-10-8-9-15(12-16)13-21/h8-10,12H,3-7,11,14H2,1-2H3,(H,22,25)(H,23,27)/t20-/m1/s1. The Kier molecular flexibility index (Phi) is 6.94. The minimum atomic E-state index is -0.954. The number of amides is 4. The predicted octanol–water partition coefficient (Wildman–Crippen LogP) is 3.17. The summed E-state index contributed by atoms with van der Waals surface area (Å²) < 4.78 is 0. The Hall–Kier alpha value is -2.88. The summed E-state index contributed by atoms with van der Waals surface area (Å²) in [5.74, 6) is -0.857. The molecule has 1 aliphatic rings. The third-order valence-electron chi connectivity index (χ3n) is 4.70. The number of nitrogens with one attached hydrogen (secondary N) is 2. The van der Waals surface area contributed by atoms with Crippen LogP contribution in [-0.4, -0.2) is 34.8 Å². The summed E-state index contributed by atoms with van der Waals surface area (Å²) in [5.41, 5.74) is -0.0900. The SMILES string of the molecule is CCCCCCC[C@@]1(C)NC(=O)N(CC(=O)Nc2cccc(C#N)c2)C1=O. The second-order valence-electron chi connectivity index (χ2n) is 7.06. The molecule has 2 N–H and O–H groups in total. The largest absolute Gasteiger partial charge is 0.325 e. The van der Waals surface area contributed by atoms with Crippen molar-refractivity contribution in [3.63, 3.8) is 0 Å². The first-order valence-electron chi connectivity index (χ1n) is 9.34. The van der Waals surface area contributed by atoms with Crippen LogP contribution >= 0.6 is 0 Å². The van der Waals surface area contributed by atoms with Crippen LogP contribution in [0.25, 0.3) is 0 Å². The van der Waals surface area contributed by atoms with Gasteiger partial charge in [-0.15, -0.1) is 0 Å². The van der Waals surface area contributed by atoms with Gasteiger partial charge in [-0.1, -0.05) is 45.1 Å². The van der Waals surface area contributed by atoms with Gasteiger partial charge in [0, 0.05) is 5.69 Å². The van der Waals surface area contributed by atoms with E-state index >= 15 is 0 Å².